The van der Waals surface area contributed by atoms with Gasteiger partial charge in [0.1, 0.15) is 0 Å². The molecule has 0 atom stereocenters. The molecular formula is C16H24ClNO2. The second-order valence-electron chi connectivity index (χ2n) is 5.74. The lowest BCUT2D eigenvalue weighted by Gasteiger charge is -2.26. The Labute approximate surface area is 126 Å². The zero-order chi connectivity index (χ0) is 14.5. The van der Waals surface area contributed by atoms with Crippen molar-refractivity contribution in [2.24, 2.45) is 5.92 Å². The summed E-state index contributed by atoms with van der Waals surface area (Å²) in [4.78, 5) is 0. The predicted octanol–water partition coefficient (Wildman–Crippen LogP) is 4.03. The number of halogens is 1. The molecule has 1 aliphatic carbocycles. The SMILES string of the molecule is COc1cc(Cl)cc(CNC(C)C)c1OCC1CCC1. The van der Waals surface area contributed by atoms with Crippen LogP contribution in [0.5, 0.6) is 11.5 Å². The first-order valence-electron chi connectivity index (χ1n) is 7.32. The fourth-order valence-electron chi connectivity index (χ4n) is 2.24. The molecule has 0 amide bonds. The molecule has 1 N–H and O–H groups in total. The summed E-state index contributed by atoms with van der Waals surface area (Å²) in [6, 6.07) is 4.19. The topological polar surface area (TPSA) is 30.5 Å². The molecule has 1 aromatic carbocycles. The van der Waals surface area contributed by atoms with Crippen molar-refractivity contribution in [1.29, 1.82) is 0 Å². The van der Waals surface area contributed by atoms with Crippen molar-refractivity contribution in [1.82, 2.24) is 5.32 Å². The molecule has 0 unspecified atom stereocenters. The van der Waals surface area contributed by atoms with Crippen LogP contribution < -0.4 is 14.8 Å². The van der Waals surface area contributed by atoms with Crippen molar-refractivity contribution in [3.05, 3.63) is 22.7 Å². The van der Waals surface area contributed by atoms with E-state index >= 15 is 0 Å². The standard InChI is InChI=1S/C16H24ClNO2/c1-11(2)18-9-13-7-14(17)8-15(19-3)16(13)20-10-12-5-4-6-12/h7-8,11-12,18H,4-6,9-10H2,1-3H3. The van der Waals surface area contributed by atoms with Gasteiger partial charge in [0.05, 0.1) is 13.7 Å². The number of nitrogens with one attached hydrogen (secondary N) is 1. The average molecular weight is 298 g/mol. The third-order valence-electron chi connectivity index (χ3n) is 3.71. The Balaban J connectivity index is 2.14. The van der Waals surface area contributed by atoms with Crippen LogP contribution in [0.1, 0.15) is 38.7 Å². The van der Waals surface area contributed by atoms with E-state index in [0.717, 1.165) is 30.2 Å². The first-order valence-corrected chi connectivity index (χ1v) is 7.70. The van der Waals surface area contributed by atoms with Gasteiger partial charge >= 0.3 is 0 Å². The number of rotatable bonds is 7. The highest BCUT2D eigenvalue weighted by atomic mass is 35.5. The lowest BCUT2D eigenvalue weighted by Crippen LogP contribution is -2.23. The zero-order valence-electron chi connectivity index (χ0n) is 12.5. The molecule has 0 radical (unpaired) electrons. The molecule has 0 spiro atoms. The van der Waals surface area contributed by atoms with Crippen molar-refractivity contribution < 1.29 is 9.47 Å². The molecule has 1 aliphatic rings. The van der Waals surface area contributed by atoms with Crippen LogP contribution in [0.3, 0.4) is 0 Å². The van der Waals surface area contributed by atoms with Crippen LogP contribution in [0.4, 0.5) is 0 Å². The summed E-state index contributed by atoms with van der Waals surface area (Å²) >= 11 is 6.15. The second kappa shape index (κ2) is 7.19. The lowest BCUT2D eigenvalue weighted by molar-refractivity contribution is 0.174. The van der Waals surface area contributed by atoms with Crippen LogP contribution in [0, 0.1) is 5.92 Å². The molecule has 0 aliphatic heterocycles. The predicted molar refractivity (Wildman–Crippen MR) is 82.8 cm³/mol. The van der Waals surface area contributed by atoms with E-state index in [1.165, 1.54) is 19.3 Å². The van der Waals surface area contributed by atoms with Crippen LogP contribution in [0.15, 0.2) is 12.1 Å². The fourth-order valence-corrected chi connectivity index (χ4v) is 2.47. The highest BCUT2D eigenvalue weighted by molar-refractivity contribution is 6.30. The van der Waals surface area contributed by atoms with Crippen LogP contribution in [-0.4, -0.2) is 19.8 Å². The molecule has 0 bridgehead atoms. The monoisotopic (exact) mass is 297 g/mol. The van der Waals surface area contributed by atoms with Gasteiger partial charge in [-0.3, -0.25) is 0 Å². The van der Waals surface area contributed by atoms with E-state index in [2.05, 4.69) is 19.2 Å². The minimum absolute atomic E-state index is 0.416. The van der Waals surface area contributed by atoms with Gasteiger partial charge in [-0.2, -0.15) is 0 Å². The summed E-state index contributed by atoms with van der Waals surface area (Å²) < 4.78 is 11.4. The maximum atomic E-state index is 6.15. The van der Waals surface area contributed by atoms with Crippen molar-refractivity contribution in [2.75, 3.05) is 13.7 Å². The van der Waals surface area contributed by atoms with Gasteiger partial charge in [0.2, 0.25) is 0 Å². The summed E-state index contributed by atoms with van der Waals surface area (Å²) in [5, 5.41) is 4.08. The number of hydrogen-bond acceptors (Lipinski definition) is 3. The van der Waals surface area contributed by atoms with Gasteiger partial charge in [0.15, 0.2) is 11.5 Å². The third-order valence-corrected chi connectivity index (χ3v) is 3.92. The molecule has 0 heterocycles. The number of benzene rings is 1. The van der Waals surface area contributed by atoms with Gasteiger partial charge in [-0.25, -0.2) is 0 Å². The Morgan fingerprint density at radius 2 is 2.10 bits per heavy atom. The van der Waals surface area contributed by atoms with Gasteiger partial charge in [-0.15, -0.1) is 0 Å². The minimum atomic E-state index is 0.416. The first-order chi connectivity index (χ1) is 9.60. The first kappa shape index (κ1) is 15.5. The summed E-state index contributed by atoms with van der Waals surface area (Å²) in [6.07, 6.45) is 3.87. The molecule has 4 heteroatoms. The Morgan fingerprint density at radius 1 is 1.35 bits per heavy atom. The van der Waals surface area contributed by atoms with E-state index < -0.39 is 0 Å². The van der Waals surface area contributed by atoms with E-state index in [1.807, 2.05) is 12.1 Å². The Kier molecular flexibility index (Phi) is 5.55. The van der Waals surface area contributed by atoms with Crippen LogP contribution in [-0.2, 0) is 6.54 Å². The lowest BCUT2D eigenvalue weighted by atomic mass is 9.86. The molecule has 1 aromatic rings. The van der Waals surface area contributed by atoms with E-state index in [-0.39, 0.29) is 0 Å². The summed E-state index contributed by atoms with van der Waals surface area (Å²) in [7, 11) is 1.65. The Hall–Kier alpha value is -0.930. The van der Waals surface area contributed by atoms with E-state index in [4.69, 9.17) is 21.1 Å². The summed E-state index contributed by atoms with van der Waals surface area (Å²) in [6.45, 7) is 5.74. The minimum Gasteiger partial charge on any atom is -0.493 e. The fraction of sp³-hybridized carbons (Fsp3) is 0.625. The highest BCUT2D eigenvalue weighted by Gasteiger charge is 2.20. The molecule has 0 aromatic heterocycles. The van der Waals surface area contributed by atoms with Gasteiger partial charge < -0.3 is 14.8 Å². The van der Waals surface area contributed by atoms with Gasteiger partial charge in [-0.1, -0.05) is 31.9 Å². The maximum absolute atomic E-state index is 6.15. The van der Waals surface area contributed by atoms with Gasteiger partial charge in [0, 0.05) is 29.2 Å². The zero-order valence-corrected chi connectivity index (χ0v) is 13.3. The van der Waals surface area contributed by atoms with E-state index in [1.54, 1.807) is 7.11 Å². The van der Waals surface area contributed by atoms with Gasteiger partial charge in [-0.05, 0) is 24.8 Å². The van der Waals surface area contributed by atoms with Crippen molar-refractivity contribution >= 4 is 11.6 Å². The summed E-state index contributed by atoms with van der Waals surface area (Å²) in [5.41, 5.74) is 1.06. The third kappa shape index (κ3) is 4.03. The number of ether oxygens (including phenoxy) is 2. The molecular weight excluding hydrogens is 274 g/mol. The van der Waals surface area contributed by atoms with Crippen LogP contribution in [0.2, 0.25) is 5.02 Å². The van der Waals surface area contributed by atoms with Crippen LogP contribution >= 0.6 is 11.6 Å². The molecule has 20 heavy (non-hydrogen) atoms. The molecule has 1 fully saturated rings. The normalized spacial score (nSPS) is 15.2. The number of hydrogen-bond donors (Lipinski definition) is 1. The molecule has 2 rings (SSSR count). The van der Waals surface area contributed by atoms with Crippen LogP contribution in [0.25, 0.3) is 0 Å². The quantitative estimate of drug-likeness (QED) is 0.824. The maximum Gasteiger partial charge on any atom is 0.165 e. The van der Waals surface area contributed by atoms with Crippen molar-refractivity contribution in [2.45, 2.75) is 45.7 Å². The van der Waals surface area contributed by atoms with Gasteiger partial charge in [0.25, 0.3) is 0 Å². The largest absolute Gasteiger partial charge is 0.493 e. The smallest absolute Gasteiger partial charge is 0.165 e. The Bertz CT molecular complexity index is 444. The average Bonchev–Trinajstić information content (AvgIpc) is 2.35. The molecule has 3 nitrogen and oxygen atoms in total. The molecule has 112 valence electrons. The molecule has 0 saturated heterocycles. The Morgan fingerprint density at radius 3 is 2.65 bits per heavy atom. The van der Waals surface area contributed by atoms with E-state index in [9.17, 15) is 0 Å². The molecule has 1 saturated carbocycles. The van der Waals surface area contributed by atoms with Crippen molar-refractivity contribution in [3.63, 3.8) is 0 Å². The van der Waals surface area contributed by atoms with E-state index in [0.29, 0.717) is 17.0 Å². The van der Waals surface area contributed by atoms with Crippen molar-refractivity contribution in [3.8, 4) is 11.5 Å². The summed E-state index contributed by atoms with van der Waals surface area (Å²) in [5.74, 6) is 2.25. The highest BCUT2D eigenvalue weighted by Crippen LogP contribution is 2.36. The number of methoxy groups -OCH3 is 1. The second-order valence-corrected chi connectivity index (χ2v) is 6.18.